The fourth-order valence-corrected chi connectivity index (χ4v) is 1.66. The van der Waals surface area contributed by atoms with Crippen LogP contribution in [0.3, 0.4) is 0 Å². The molecule has 0 amide bonds. The molecule has 2 rings (SSSR count). The number of nitriles is 1. The molecule has 0 spiro atoms. The minimum atomic E-state index is -3.93. The molecule has 0 saturated carbocycles. The Morgan fingerprint density at radius 2 is 1.57 bits per heavy atom. The Bertz CT molecular complexity index is 682. The van der Waals surface area contributed by atoms with Crippen LogP contribution in [0.5, 0.6) is 5.75 Å². The lowest BCUT2D eigenvalue weighted by atomic mass is 10.1. The number of halogens is 4. The number of rotatable bonds is 3. The lowest BCUT2D eigenvalue weighted by Crippen LogP contribution is -2.22. The molecule has 0 atom stereocenters. The number of hydrogen-bond acceptors (Lipinski definition) is 2. The smallest absolute Gasteiger partial charge is 0.426 e. The van der Waals surface area contributed by atoms with Crippen molar-refractivity contribution in [2.24, 2.45) is 0 Å². The summed E-state index contributed by atoms with van der Waals surface area (Å²) in [6, 6.07) is 7.79. The number of ether oxygens (including phenoxy) is 1. The lowest BCUT2D eigenvalue weighted by molar-refractivity contribution is -0.185. The van der Waals surface area contributed by atoms with Crippen LogP contribution in [0.4, 0.5) is 17.6 Å². The highest BCUT2D eigenvalue weighted by atomic mass is 19.3. The summed E-state index contributed by atoms with van der Waals surface area (Å²) in [7, 11) is 0. The van der Waals surface area contributed by atoms with Crippen molar-refractivity contribution >= 4 is 0 Å². The van der Waals surface area contributed by atoms with E-state index in [2.05, 4.69) is 4.74 Å². The summed E-state index contributed by atoms with van der Waals surface area (Å²) in [6.45, 7) is 1.77. The van der Waals surface area contributed by atoms with Crippen LogP contribution in [0.1, 0.15) is 16.7 Å². The van der Waals surface area contributed by atoms with E-state index < -0.39 is 28.9 Å². The molecule has 0 N–H and O–H groups in total. The van der Waals surface area contributed by atoms with Gasteiger partial charge in [-0.05, 0) is 31.2 Å². The number of hydrogen-bond donors (Lipinski definition) is 0. The van der Waals surface area contributed by atoms with E-state index in [9.17, 15) is 17.6 Å². The molecule has 108 valence electrons. The van der Waals surface area contributed by atoms with Gasteiger partial charge in [-0.1, -0.05) is 17.7 Å². The third kappa shape index (κ3) is 3.14. The average molecular weight is 295 g/mol. The number of nitrogens with zero attached hydrogens (tertiary/aromatic N) is 1. The minimum Gasteiger partial charge on any atom is -0.429 e. The first kappa shape index (κ1) is 14.9. The molecule has 0 aliphatic rings. The molecular weight excluding hydrogens is 286 g/mol. The van der Waals surface area contributed by atoms with E-state index in [4.69, 9.17) is 5.26 Å². The van der Waals surface area contributed by atoms with Crippen molar-refractivity contribution < 1.29 is 22.3 Å². The molecule has 0 unspecified atom stereocenters. The molecule has 0 aliphatic carbocycles. The summed E-state index contributed by atoms with van der Waals surface area (Å²) in [6.07, 6.45) is -3.93. The monoisotopic (exact) mass is 295 g/mol. The van der Waals surface area contributed by atoms with Crippen molar-refractivity contribution in [3.05, 3.63) is 64.7 Å². The summed E-state index contributed by atoms with van der Waals surface area (Å²) in [5, 5.41) is 8.51. The fourth-order valence-electron chi connectivity index (χ4n) is 1.66. The lowest BCUT2D eigenvalue weighted by Gasteiger charge is -2.18. The topological polar surface area (TPSA) is 33.0 Å². The van der Waals surface area contributed by atoms with Crippen LogP contribution < -0.4 is 4.74 Å². The van der Waals surface area contributed by atoms with Gasteiger partial charge in [-0.25, -0.2) is 8.78 Å². The first-order valence-corrected chi connectivity index (χ1v) is 5.86. The van der Waals surface area contributed by atoms with Crippen molar-refractivity contribution in [2.75, 3.05) is 0 Å². The van der Waals surface area contributed by atoms with Crippen LogP contribution in [-0.2, 0) is 6.11 Å². The molecule has 0 aliphatic heterocycles. The Hall–Kier alpha value is -2.55. The van der Waals surface area contributed by atoms with Crippen molar-refractivity contribution in [3.63, 3.8) is 0 Å². The van der Waals surface area contributed by atoms with Crippen LogP contribution in [0.25, 0.3) is 0 Å². The van der Waals surface area contributed by atoms with E-state index in [0.29, 0.717) is 12.1 Å². The molecule has 21 heavy (non-hydrogen) atoms. The molecular formula is C15H9F4NO. The van der Waals surface area contributed by atoms with Gasteiger partial charge in [0.25, 0.3) is 0 Å². The first-order chi connectivity index (χ1) is 9.83. The molecule has 0 heterocycles. The maximum absolute atomic E-state index is 13.9. The van der Waals surface area contributed by atoms with E-state index in [1.54, 1.807) is 19.1 Å². The summed E-state index contributed by atoms with van der Waals surface area (Å²) >= 11 is 0. The number of benzene rings is 2. The fraction of sp³-hybridized carbons (Fsp3) is 0.133. The van der Waals surface area contributed by atoms with Gasteiger partial charge in [0.2, 0.25) is 0 Å². The molecule has 2 aromatic carbocycles. The normalized spacial score (nSPS) is 11.0. The van der Waals surface area contributed by atoms with Crippen LogP contribution in [0, 0.1) is 29.9 Å². The zero-order valence-corrected chi connectivity index (χ0v) is 10.8. The third-order valence-corrected chi connectivity index (χ3v) is 2.76. The predicted octanol–water partition coefficient (Wildman–Crippen LogP) is 4.27. The Morgan fingerprint density at radius 3 is 2.05 bits per heavy atom. The molecule has 6 heteroatoms. The largest absolute Gasteiger partial charge is 0.429 e. The summed E-state index contributed by atoms with van der Waals surface area (Å²) in [5.41, 5.74) is -1.07. The zero-order valence-electron chi connectivity index (χ0n) is 10.8. The second kappa shape index (κ2) is 5.44. The Balaban J connectivity index is 2.35. The van der Waals surface area contributed by atoms with Gasteiger partial charge in [0.05, 0.1) is 5.56 Å². The molecule has 0 bridgehead atoms. The van der Waals surface area contributed by atoms with E-state index >= 15 is 0 Å². The quantitative estimate of drug-likeness (QED) is 0.792. The highest BCUT2D eigenvalue weighted by molar-refractivity contribution is 5.37. The van der Waals surface area contributed by atoms with E-state index in [-0.39, 0.29) is 5.75 Å². The van der Waals surface area contributed by atoms with E-state index in [0.717, 1.165) is 5.56 Å². The molecule has 0 aromatic heterocycles. The van der Waals surface area contributed by atoms with Gasteiger partial charge in [-0.2, -0.15) is 14.0 Å². The molecule has 2 aromatic rings. The Labute approximate surface area is 118 Å². The SMILES string of the molecule is Cc1ccc(OC(F)(F)c2cc(F)c(C#N)c(F)c2)cc1. The van der Waals surface area contributed by atoms with Gasteiger partial charge in [-0.15, -0.1) is 0 Å². The van der Waals surface area contributed by atoms with Crippen molar-refractivity contribution in [1.82, 2.24) is 0 Å². The predicted molar refractivity (Wildman–Crippen MR) is 66.8 cm³/mol. The molecule has 0 radical (unpaired) electrons. The summed E-state index contributed by atoms with van der Waals surface area (Å²) < 4.78 is 59.0. The summed E-state index contributed by atoms with van der Waals surface area (Å²) in [4.78, 5) is 0. The number of aryl methyl sites for hydroxylation is 1. The van der Waals surface area contributed by atoms with Crippen LogP contribution >= 0.6 is 0 Å². The summed E-state index contributed by atoms with van der Waals surface area (Å²) in [5.74, 6) is -2.87. The Kier molecular flexibility index (Phi) is 3.85. The molecule has 0 fully saturated rings. The first-order valence-electron chi connectivity index (χ1n) is 5.86. The van der Waals surface area contributed by atoms with Gasteiger partial charge in [0.15, 0.2) is 0 Å². The second-order valence-corrected chi connectivity index (χ2v) is 4.36. The van der Waals surface area contributed by atoms with Crippen molar-refractivity contribution in [2.45, 2.75) is 13.0 Å². The van der Waals surface area contributed by atoms with Gasteiger partial charge in [0.1, 0.15) is 29.0 Å². The van der Waals surface area contributed by atoms with Gasteiger partial charge in [-0.3, -0.25) is 0 Å². The van der Waals surface area contributed by atoms with Gasteiger partial charge in [0, 0.05) is 0 Å². The maximum atomic E-state index is 13.9. The maximum Gasteiger partial charge on any atom is 0.426 e. The number of alkyl halides is 2. The van der Waals surface area contributed by atoms with Crippen molar-refractivity contribution in [1.29, 1.82) is 5.26 Å². The van der Waals surface area contributed by atoms with Crippen LogP contribution in [0.15, 0.2) is 36.4 Å². The van der Waals surface area contributed by atoms with Crippen LogP contribution in [0.2, 0.25) is 0 Å². The molecule has 0 saturated heterocycles. The van der Waals surface area contributed by atoms with E-state index in [1.165, 1.54) is 18.2 Å². The highest BCUT2D eigenvalue weighted by Gasteiger charge is 2.36. The van der Waals surface area contributed by atoms with Gasteiger partial charge < -0.3 is 4.74 Å². The van der Waals surface area contributed by atoms with E-state index in [1.807, 2.05) is 0 Å². The van der Waals surface area contributed by atoms with Gasteiger partial charge >= 0.3 is 6.11 Å². The Morgan fingerprint density at radius 1 is 1.05 bits per heavy atom. The zero-order chi connectivity index (χ0) is 15.6. The average Bonchev–Trinajstić information content (AvgIpc) is 2.41. The van der Waals surface area contributed by atoms with Crippen LogP contribution in [-0.4, -0.2) is 0 Å². The third-order valence-electron chi connectivity index (χ3n) is 2.76. The standard InChI is InChI=1S/C15H9F4NO/c1-9-2-4-11(5-3-9)21-15(18,19)10-6-13(16)12(8-20)14(17)7-10/h2-7H,1H3. The second-order valence-electron chi connectivity index (χ2n) is 4.36. The van der Waals surface area contributed by atoms with Crippen molar-refractivity contribution in [3.8, 4) is 11.8 Å². The minimum absolute atomic E-state index is 0.143. The highest BCUT2D eigenvalue weighted by Crippen LogP contribution is 2.33. The molecule has 2 nitrogen and oxygen atoms in total.